The van der Waals surface area contributed by atoms with Crippen LogP contribution < -0.4 is 0 Å². The van der Waals surface area contributed by atoms with Crippen LogP contribution in [0.1, 0.15) is 29.6 Å². The lowest BCUT2D eigenvalue weighted by Crippen LogP contribution is -2.13. The van der Waals surface area contributed by atoms with Gasteiger partial charge >= 0.3 is 5.97 Å². The number of benzene rings is 1. The first kappa shape index (κ1) is 14.6. The highest BCUT2D eigenvalue weighted by molar-refractivity contribution is 9.10. The number of rotatable bonds is 6. The summed E-state index contributed by atoms with van der Waals surface area (Å²) in [5, 5.41) is 0. The molecule has 19 heavy (non-hydrogen) atoms. The fraction of sp³-hybridized carbons (Fsp3) is 0.429. The fourth-order valence-electron chi connectivity index (χ4n) is 1.90. The number of aldehydes is 1. The van der Waals surface area contributed by atoms with Gasteiger partial charge in [-0.25, -0.2) is 0 Å². The molecular formula is C14H15BrO3S. The maximum Gasteiger partial charge on any atom is 0.306 e. The monoisotopic (exact) mass is 342 g/mol. The largest absolute Gasteiger partial charge is 0.469 e. The van der Waals surface area contributed by atoms with Crippen LogP contribution in [-0.2, 0) is 9.53 Å². The van der Waals surface area contributed by atoms with Crippen molar-refractivity contribution in [1.82, 2.24) is 0 Å². The first-order valence-corrected chi connectivity index (χ1v) is 7.81. The van der Waals surface area contributed by atoms with E-state index in [0.29, 0.717) is 12.0 Å². The molecule has 0 unspecified atom stereocenters. The minimum absolute atomic E-state index is 0.0744. The molecule has 0 radical (unpaired) electrons. The Bertz CT molecular complexity index is 497. The zero-order valence-corrected chi connectivity index (χ0v) is 13.1. The summed E-state index contributed by atoms with van der Waals surface area (Å²) < 4.78 is 5.63. The lowest BCUT2D eigenvalue weighted by atomic mass is 10.1. The highest BCUT2D eigenvalue weighted by Gasteiger charge is 2.44. The van der Waals surface area contributed by atoms with Crippen LogP contribution in [0.15, 0.2) is 27.6 Å². The molecule has 1 aromatic rings. The molecule has 102 valence electrons. The Kier molecular flexibility index (Phi) is 4.68. The van der Waals surface area contributed by atoms with E-state index in [1.54, 1.807) is 11.8 Å². The molecule has 5 heteroatoms. The van der Waals surface area contributed by atoms with Gasteiger partial charge in [0.05, 0.1) is 13.5 Å². The zero-order valence-electron chi connectivity index (χ0n) is 10.6. The van der Waals surface area contributed by atoms with Crippen LogP contribution >= 0.6 is 27.7 Å². The van der Waals surface area contributed by atoms with Gasteiger partial charge in [0.15, 0.2) is 6.29 Å². The number of halogens is 1. The number of thioether (sulfide) groups is 1. The molecule has 1 aliphatic carbocycles. The number of carbonyl (C=O) groups is 2. The van der Waals surface area contributed by atoms with Gasteiger partial charge in [0, 0.05) is 20.7 Å². The summed E-state index contributed by atoms with van der Waals surface area (Å²) >= 11 is 5.00. The summed E-state index contributed by atoms with van der Waals surface area (Å²) in [5.74, 6) is 0.703. The van der Waals surface area contributed by atoms with E-state index in [-0.39, 0.29) is 11.4 Å². The smallest absolute Gasteiger partial charge is 0.306 e. The van der Waals surface area contributed by atoms with Crippen LogP contribution in [0.25, 0.3) is 0 Å². The van der Waals surface area contributed by atoms with E-state index in [4.69, 9.17) is 4.74 Å². The van der Waals surface area contributed by atoms with Crippen LogP contribution in [-0.4, -0.2) is 25.1 Å². The van der Waals surface area contributed by atoms with Crippen molar-refractivity contribution < 1.29 is 14.3 Å². The van der Waals surface area contributed by atoms with E-state index in [1.807, 2.05) is 18.2 Å². The Morgan fingerprint density at radius 2 is 2.26 bits per heavy atom. The number of carbonyl (C=O) groups excluding carboxylic acids is 2. The number of esters is 1. The van der Waals surface area contributed by atoms with Gasteiger partial charge in [-0.3, -0.25) is 9.59 Å². The van der Waals surface area contributed by atoms with E-state index < -0.39 is 0 Å². The Hall–Kier alpha value is -0.810. The van der Waals surface area contributed by atoms with Gasteiger partial charge in [0.2, 0.25) is 0 Å². The average Bonchev–Trinajstić information content (AvgIpc) is 3.17. The van der Waals surface area contributed by atoms with Gasteiger partial charge in [-0.1, -0.05) is 15.9 Å². The number of hydrogen-bond donors (Lipinski definition) is 0. The molecule has 0 saturated heterocycles. The van der Waals surface area contributed by atoms with Crippen molar-refractivity contribution in [2.24, 2.45) is 5.41 Å². The summed E-state index contributed by atoms with van der Waals surface area (Å²) in [4.78, 5) is 23.4. The third kappa shape index (κ3) is 3.83. The molecule has 1 fully saturated rings. The molecule has 0 aromatic heterocycles. The number of ether oxygens (including phenoxy) is 1. The minimum Gasteiger partial charge on any atom is -0.469 e. The lowest BCUT2D eigenvalue weighted by molar-refractivity contribution is -0.141. The summed E-state index contributed by atoms with van der Waals surface area (Å²) in [6.07, 6.45) is 3.46. The van der Waals surface area contributed by atoms with E-state index in [2.05, 4.69) is 15.9 Å². The molecule has 1 saturated carbocycles. The van der Waals surface area contributed by atoms with E-state index >= 15 is 0 Å². The Labute approximate surface area is 125 Å². The van der Waals surface area contributed by atoms with Gasteiger partial charge in [-0.05, 0) is 36.5 Å². The second kappa shape index (κ2) is 6.09. The number of methoxy groups -OCH3 is 1. The summed E-state index contributed by atoms with van der Waals surface area (Å²) in [5.41, 5.74) is 0.763. The molecule has 3 nitrogen and oxygen atoms in total. The quantitative estimate of drug-likeness (QED) is 0.449. The second-order valence-electron chi connectivity index (χ2n) is 4.84. The first-order chi connectivity index (χ1) is 9.08. The van der Waals surface area contributed by atoms with Crippen LogP contribution in [0.3, 0.4) is 0 Å². The Morgan fingerprint density at radius 3 is 2.84 bits per heavy atom. The topological polar surface area (TPSA) is 43.4 Å². The predicted molar refractivity (Wildman–Crippen MR) is 78.6 cm³/mol. The van der Waals surface area contributed by atoms with Gasteiger partial charge in [-0.15, -0.1) is 11.8 Å². The molecular weight excluding hydrogens is 328 g/mol. The third-order valence-electron chi connectivity index (χ3n) is 3.34. The maximum absolute atomic E-state index is 11.4. The molecule has 0 spiro atoms. The molecule has 0 amide bonds. The van der Waals surface area contributed by atoms with Crippen LogP contribution in [0.4, 0.5) is 0 Å². The molecule has 0 atom stereocenters. The van der Waals surface area contributed by atoms with Gasteiger partial charge in [-0.2, -0.15) is 0 Å². The molecule has 0 aliphatic heterocycles. The molecule has 1 aliphatic rings. The number of hydrogen-bond acceptors (Lipinski definition) is 4. The van der Waals surface area contributed by atoms with Gasteiger partial charge < -0.3 is 4.74 Å². The van der Waals surface area contributed by atoms with Crippen LogP contribution in [0.2, 0.25) is 0 Å². The van der Waals surface area contributed by atoms with Crippen molar-refractivity contribution in [3.63, 3.8) is 0 Å². The normalized spacial score (nSPS) is 15.9. The minimum atomic E-state index is -0.149. The molecule has 0 bridgehead atoms. The van der Waals surface area contributed by atoms with Crippen molar-refractivity contribution in [3.05, 3.63) is 28.2 Å². The average molecular weight is 343 g/mol. The fourth-order valence-corrected chi connectivity index (χ4v) is 3.57. The van der Waals surface area contributed by atoms with Gasteiger partial charge in [0.25, 0.3) is 0 Å². The van der Waals surface area contributed by atoms with Gasteiger partial charge in [0.1, 0.15) is 0 Å². The highest BCUT2D eigenvalue weighted by Crippen LogP contribution is 2.52. The first-order valence-electron chi connectivity index (χ1n) is 6.03. The van der Waals surface area contributed by atoms with Crippen molar-refractivity contribution in [1.29, 1.82) is 0 Å². The predicted octanol–water partition coefficient (Wildman–Crippen LogP) is 3.70. The van der Waals surface area contributed by atoms with Crippen LogP contribution in [0, 0.1) is 5.41 Å². The van der Waals surface area contributed by atoms with E-state index in [1.165, 1.54) is 7.11 Å². The summed E-state index contributed by atoms with van der Waals surface area (Å²) in [7, 11) is 1.42. The standard InChI is InChI=1S/C14H15BrO3S/c1-18-13(17)7-14(4-5-14)9-19-12-3-2-11(15)6-10(12)8-16/h2-3,6,8H,4-5,7,9H2,1H3. The van der Waals surface area contributed by atoms with Crippen molar-refractivity contribution >= 4 is 39.9 Å². The lowest BCUT2D eigenvalue weighted by Gasteiger charge is -2.13. The summed E-state index contributed by atoms with van der Waals surface area (Å²) in [6, 6.07) is 5.68. The molecule has 0 N–H and O–H groups in total. The van der Waals surface area contributed by atoms with Crippen molar-refractivity contribution in [2.75, 3.05) is 12.9 Å². The highest BCUT2D eigenvalue weighted by atomic mass is 79.9. The molecule has 1 aromatic carbocycles. The maximum atomic E-state index is 11.4. The van der Waals surface area contributed by atoms with E-state index in [0.717, 1.165) is 34.2 Å². The SMILES string of the molecule is COC(=O)CC1(CSc2ccc(Br)cc2C=O)CC1. The third-order valence-corrected chi connectivity index (χ3v) is 5.27. The summed E-state index contributed by atoms with van der Waals surface area (Å²) in [6.45, 7) is 0. The Morgan fingerprint density at radius 1 is 1.53 bits per heavy atom. The Balaban J connectivity index is 1.99. The van der Waals surface area contributed by atoms with E-state index in [9.17, 15) is 9.59 Å². The zero-order chi connectivity index (χ0) is 13.9. The molecule has 0 heterocycles. The van der Waals surface area contributed by atoms with Crippen molar-refractivity contribution in [3.8, 4) is 0 Å². The van der Waals surface area contributed by atoms with Crippen LogP contribution in [0.5, 0.6) is 0 Å². The van der Waals surface area contributed by atoms with Crippen molar-refractivity contribution in [2.45, 2.75) is 24.2 Å². The molecule has 2 rings (SSSR count). The second-order valence-corrected chi connectivity index (χ2v) is 6.77.